The summed E-state index contributed by atoms with van der Waals surface area (Å²) in [6.07, 6.45) is 9.36. The maximum atomic E-state index is 4.55. The predicted molar refractivity (Wildman–Crippen MR) is 80.8 cm³/mol. The van der Waals surface area contributed by atoms with Crippen LogP contribution >= 0.6 is 0 Å². The Morgan fingerprint density at radius 3 is 3.00 bits per heavy atom. The van der Waals surface area contributed by atoms with Gasteiger partial charge >= 0.3 is 0 Å². The molecule has 2 N–H and O–H groups in total. The van der Waals surface area contributed by atoms with E-state index in [1.54, 1.807) is 0 Å². The van der Waals surface area contributed by atoms with Crippen LogP contribution in [0.25, 0.3) is 11.3 Å². The van der Waals surface area contributed by atoms with E-state index < -0.39 is 0 Å². The number of H-pyrrole nitrogens is 1. The summed E-state index contributed by atoms with van der Waals surface area (Å²) in [5.41, 5.74) is 5.50. The van der Waals surface area contributed by atoms with Crippen molar-refractivity contribution in [1.29, 1.82) is 0 Å². The first-order valence-electron chi connectivity index (χ1n) is 7.78. The van der Waals surface area contributed by atoms with Crippen molar-refractivity contribution < 1.29 is 0 Å². The van der Waals surface area contributed by atoms with Gasteiger partial charge in [0.05, 0.1) is 11.9 Å². The van der Waals surface area contributed by atoms with Crippen molar-refractivity contribution in [3.8, 4) is 11.3 Å². The highest BCUT2D eigenvalue weighted by Gasteiger charge is 2.17. The zero-order valence-corrected chi connectivity index (χ0v) is 11.8. The van der Waals surface area contributed by atoms with Crippen molar-refractivity contribution in [2.75, 3.05) is 6.54 Å². The fourth-order valence-corrected chi connectivity index (χ4v) is 3.52. The lowest BCUT2D eigenvalue weighted by Gasteiger charge is -2.07. The Balaban J connectivity index is 1.55. The number of nitrogens with zero attached hydrogens (tertiary/aromatic N) is 1. The molecule has 4 rings (SSSR count). The number of hydrogen-bond donors (Lipinski definition) is 2. The third-order valence-corrected chi connectivity index (χ3v) is 4.64. The average molecular weight is 267 g/mol. The molecule has 1 aliphatic heterocycles. The predicted octanol–water partition coefficient (Wildman–Crippen LogP) is 2.86. The van der Waals surface area contributed by atoms with Crippen molar-refractivity contribution in [1.82, 2.24) is 15.3 Å². The number of aromatic nitrogens is 2. The lowest BCUT2D eigenvalue weighted by molar-refractivity contribution is 0.589. The molecule has 1 aromatic heterocycles. The zero-order chi connectivity index (χ0) is 13.4. The average Bonchev–Trinajstić information content (AvgIpc) is 3.19. The molecule has 1 atom stereocenters. The summed E-state index contributed by atoms with van der Waals surface area (Å²) >= 11 is 0. The number of aromatic amines is 1. The molecule has 0 saturated carbocycles. The van der Waals surface area contributed by atoms with E-state index in [1.807, 2.05) is 6.20 Å². The van der Waals surface area contributed by atoms with Gasteiger partial charge in [0.15, 0.2) is 0 Å². The van der Waals surface area contributed by atoms with E-state index in [1.165, 1.54) is 48.8 Å². The first kappa shape index (κ1) is 12.2. The van der Waals surface area contributed by atoms with Crippen LogP contribution in [0.2, 0.25) is 0 Å². The van der Waals surface area contributed by atoms with Gasteiger partial charge in [-0.2, -0.15) is 0 Å². The lowest BCUT2D eigenvalue weighted by atomic mass is 10.0. The van der Waals surface area contributed by atoms with Crippen LogP contribution < -0.4 is 5.32 Å². The second-order valence-corrected chi connectivity index (χ2v) is 6.08. The maximum absolute atomic E-state index is 4.55. The van der Waals surface area contributed by atoms with E-state index in [2.05, 4.69) is 33.5 Å². The summed E-state index contributed by atoms with van der Waals surface area (Å²) < 4.78 is 0. The third-order valence-electron chi connectivity index (χ3n) is 4.64. The zero-order valence-electron chi connectivity index (χ0n) is 11.8. The van der Waals surface area contributed by atoms with Gasteiger partial charge in [0.1, 0.15) is 5.82 Å². The molecule has 104 valence electrons. The van der Waals surface area contributed by atoms with Crippen LogP contribution in [0.3, 0.4) is 0 Å². The number of nitrogens with one attached hydrogen (secondary N) is 2. The summed E-state index contributed by atoms with van der Waals surface area (Å²) in [5.74, 6) is 1.11. The first-order chi connectivity index (χ1) is 9.88. The molecule has 0 radical (unpaired) electrons. The minimum Gasteiger partial charge on any atom is -0.342 e. The molecule has 2 heterocycles. The molecule has 1 aliphatic carbocycles. The second-order valence-electron chi connectivity index (χ2n) is 6.08. The second kappa shape index (κ2) is 5.06. The fraction of sp³-hybridized carbons (Fsp3) is 0.471. The van der Waals surface area contributed by atoms with Gasteiger partial charge in [0, 0.05) is 12.5 Å². The summed E-state index contributed by atoms with van der Waals surface area (Å²) in [4.78, 5) is 8.05. The van der Waals surface area contributed by atoms with E-state index in [9.17, 15) is 0 Å². The topological polar surface area (TPSA) is 40.7 Å². The van der Waals surface area contributed by atoms with Crippen molar-refractivity contribution in [2.45, 2.75) is 44.6 Å². The van der Waals surface area contributed by atoms with Gasteiger partial charge < -0.3 is 10.3 Å². The van der Waals surface area contributed by atoms with E-state index in [-0.39, 0.29) is 0 Å². The number of rotatable bonds is 3. The smallest absolute Gasteiger partial charge is 0.108 e. The highest BCUT2D eigenvalue weighted by Crippen LogP contribution is 2.27. The van der Waals surface area contributed by atoms with Gasteiger partial charge in [-0.1, -0.05) is 12.1 Å². The van der Waals surface area contributed by atoms with Crippen molar-refractivity contribution >= 4 is 0 Å². The third kappa shape index (κ3) is 2.27. The number of imidazole rings is 1. The van der Waals surface area contributed by atoms with E-state index >= 15 is 0 Å². The highest BCUT2D eigenvalue weighted by atomic mass is 15.0. The SMILES string of the molecule is c1cc2c(cc1-c1cnc(CC3CCCN3)[nH]1)CCC2. The minimum absolute atomic E-state index is 0.606. The van der Waals surface area contributed by atoms with Gasteiger partial charge in [0.2, 0.25) is 0 Å². The molecule has 1 aromatic carbocycles. The Labute approximate surface area is 119 Å². The van der Waals surface area contributed by atoms with Crippen molar-refractivity contribution in [2.24, 2.45) is 0 Å². The molecule has 3 nitrogen and oxygen atoms in total. The number of benzene rings is 1. The van der Waals surface area contributed by atoms with Crippen molar-refractivity contribution in [3.05, 3.63) is 41.3 Å². The van der Waals surface area contributed by atoms with Crippen LogP contribution in [0.5, 0.6) is 0 Å². The maximum Gasteiger partial charge on any atom is 0.108 e. The molecule has 1 saturated heterocycles. The van der Waals surface area contributed by atoms with Crippen LogP contribution in [-0.4, -0.2) is 22.6 Å². The Morgan fingerprint density at radius 1 is 1.15 bits per heavy atom. The van der Waals surface area contributed by atoms with Crippen LogP contribution in [-0.2, 0) is 19.3 Å². The molecule has 2 aliphatic rings. The summed E-state index contributed by atoms with van der Waals surface area (Å²) in [6.45, 7) is 1.16. The van der Waals surface area contributed by atoms with Crippen LogP contribution in [0.15, 0.2) is 24.4 Å². The van der Waals surface area contributed by atoms with E-state index in [4.69, 9.17) is 0 Å². The fourth-order valence-electron chi connectivity index (χ4n) is 3.52. The summed E-state index contributed by atoms with van der Waals surface area (Å²) in [7, 11) is 0. The van der Waals surface area contributed by atoms with E-state index in [0.29, 0.717) is 6.04 Å². The molecular weight excluding hydrogens is 246 g/mol. The Morgan fingerprint density at radius 2 is 2.10 bits per heavy atom. The number of aryl methyl sites for hydroxylation is 2. The summed E-state index contributed by atoms with van der Waals surface area (Å²) in [6, 6.07) is 7.47. The Bertz CT molecular complexity index is 608. The standard InChI is InChI=1S/C17H21N3/c1-3-12-6-7-14(9-13(12)4-1)16-11-19-17(20-16)10-15-5-2-8-18-15/h6-7,9,11,15,18H,1-5,8,10H2,(H,19,20). The summed E-state index contributed by atoms with van der Waals surface area (Å²) in [5, 5.41) is 3.53. The minimum atomic E-state index is 0.606. The number of hydrogen-bond acceptors (Lipinski definition) is 2. The quantitative estimate of drug-likeness (QED) is 0.897. The van der Waals surface area contributed by atoms with Gasteiger partial charge in [0.25, 0.3) is 0 Å². The van der Waals surface area contributed by atoms with Gasteiger partial charge in [-0.3, -0.25) is 0 Å². The number of fused-ring (bicyclic) bond motifs is 1. The molecule has 0 bridgehead atoms. The molecule has 0 amide bonds. The van der Waals surface area contributed by atoms with Crippen LogP contribution in [0.1, 0.15) is 36.2 Å². The van der Waals surface area contributed by atoms with E-state index in [0.717, 1.165) is 24.5 Å². The molecule has 2 aromatic rings. The molecule has 3 heteroatoms. The Hall–Kier alpha value is -1.61. The van der Waals surface area contributed by atoms with Gasteiger partial charge in [-0.15, -0.1) is 0 Å². The van der Waals surface area contributed by atoms with Crippen LogP contribution in [0.4, 0.5) is 0 Å². The van der Waals surface area contributed by atoms with Gasteiger partial charge in [-0.25, -0.2) is 4.98 Å². The molecule has 1 fully saturated rings. The van der Waals surface area contributed by atoms with Crippen LogP contribution in [0, 0.1) is 0 Å². The highest BCUT2D eigenvalue weighted by molar-refractivity contribution is 5.61. The molecular formula is C17H21N3. The van der Waals surface area contributed by atoms with Gasteiger partial charge in [-0.05, 0) is 61.4 Å². The normalized spacial score (nSPS) is 21.3. The van der Waals surface area contributed by atoms with Crippen molar-refractivity contribution in [3.63, 3.8) is 0 Å². The largest absolute Gasteiger partial charge is 0.342 e. The monoisotopic (exact) mass is 267 g/mol. The molecule has 0 spiro atoms. The Kier molecular flexibility index (Phi) is 3.07. The first-order valence-corrected chi connectivity index (χ1v) is 7.78. The molecule has 1 unspecified atom stereocenters. The lowest BCUT2D eigenvalue weighted by Crippen LogP contribution is -2.24. The molecule has 20 heavy (non-hydrogen) atoms.